The number of hydrogen-bond donors (Lipinski definition) is 1. The van der Waals surface area contributed by atoms with Crippen LogP contribution in [0, 0.1) is 0 Å². The van der Waals surface area contributed by atoms with Gasteiger partial charge in [0.15, 0.2) is 0 Å². The fraction of sp³-hybridized carbons (Fsp3) is 0.500. The van der Waals surface area contributed by atoms with Crippen LogP contribution in [0.15, 0.2) is 15.9 Å². The lowest BCUT2D eigenvalue weighted by Crippen LogP contribution is -2.07. The minimum atomic E-state index is -3.23. The first-order valence-corrected chi connectivity index (χ1v) is 5.93. The summed E-state index contributed by atoms with van der Waals surface area (Å²) in [6.45, 7) is -0.107. The van der Waals surface area contributed by atoms with Crippen molar-refractivity contribution in [3.05, 3.63) is 11.6 Å². The Morgan fingerprint density at radius 2 is 2.33 bits per heavy atom. The third-order valence-electron chi connectivity index (χ3n) is 1.25. The molecule has 4 nitrogen and oxygen atoms in total. The Kier molecular flexibility index (Phi) is 3.19. The molecule has 0 bridgehead atoms. The van der Waals surface area contributed by atoms with E-state index in [1.807, 2.05) is 0 Å². The van der Waals surface area contributed by atoms with Gasteiger partial charge in [0.25, 0.3) is 0 Å². The van der Waals surface area contributed by atoms with Crippen LogP contribution in [0.5, 0.6) is 0 Å². The summed E-state index contributed by atoms with van der Waals surface area (Å²) in [6.07, 6.45) is 1.72. The SMILES string of the molecule is O=S(=O)(CCCO)c1nccs1. The van der Waals surface area contributed by atoms with Gasteiger partial charge in [0.2, 0.25) is 14.2 Å². The molecular weight excluding hydrogens is 198 g/mol. The van der Waals surface area contributed by atoms with Crippen LogP contribution in [0.3, 0.4) is 0 Å². The van der Waals surface area contributed by atoms with Gasteiger partial charge < -0.3 is 5.11 Å². The van der Waals surface area contributed by atoms with Crippen molar-refractivity contribution in [2.75, 3.05) is 12.4 Å². The maximum atomic E-state index is 11.3. The Hall–Kier alpha value is -0.460. The fourth-order valence-electron chi connectivity index (χ4n) is 0.706. The first-order chi connectivity index (χ1) is 5.67. The van der Waals surface area contributed by atoms with Gasteiger partial charge in [-0.1, -0.05) is 0 Å². The van der Waals surface area contributed by atoms with Crippen LogP contribution in [0.4, 0.5) is 0 Å². The van der Waals surface area contributed by atoms with Crippen molar-refractivity contribution >= 4 is 21.2 Å². The fourth-order valence-corrected chi connectivity index (χ4v) is 2.97. The predicted octanol–water partition coefficient (Wildman–Crippen LogP) is 0.299. The van der Waals surface area contributed by atoms with Gasteiger partial charge in [-0.15, -0.1) is 11.3 Å². The number of thiazole rings is 1. The van der Waals surface area contributed by atoms with Crippen molar-refractivity contribution in [2.24, 2.45) is 0 Å². The van der Waals surface area contributed by atoms with Crippen LogP contribution in [-0.2, 0) is 9.84 Å². The minimum Gasteiger partial charge on any atom is -0.396 e. The van der Waals surface area contributed by atoms with Crippen molar-refractivity contribution in [1.29, 1.82) is 0 Å². The van der Waals surface area contributed by atoms with Crippen LogP contribution < -0.4 is 0 Å². The number of aliphatic hydroxyl groups excluding tert-OH is 1. The second-order valence-corrected chi connectivity index (χ2v) is 5.37. The zero-order valence-electron chi connectivity index (χ0n) is 6.30. The molecule has 1 aromatic heterocycles. The van der Waals surface area contributed by atoms with Crippen LogP contribution in [0.25, 0.3) is 0 Å². The third-order valence-corrected chi connectivity index (χ3v) is 4.33. The quantitative estimate of drug-likeness (QED) is 0.771. The molecule has 6 heteroatoms. The molecule has 12 heavy (non-hydrogen) atoms. The lowest BCUT2D eigenvalue weighted by Gasteiger charge is -1.96. The van der Waals surface area contributed by atoms with Crippen LogP contribution >= 0.6 is 11.3 Å². The number of aromatic nitrogens is 1. The number of rotatable bonds is 4. The van der Waals surface area contributed by atoms with E-state index in [-0.39, 0.29) is 23.1 Å². The second-order valence-electron chi connectivity index (χ2n) is 2.19. The average Bonchev–Trinajstić information content (AvgIpc) is 2.53. The topological polar surface area (TPSA) is 67.3 Å². The highest BCUT2D eigenvalue weighted by Gasteiger charge is 2.15. The van der Waals surface area contributed by atoms with Gasteiger partial charge in [0.05, 0.1) is 5.75 Å². The summed E-state index contributed by atoms with van der Waals surface area (Å²) in [5.74, 6) is -0.0307. The number of aliphatic hydroxyl groups is 1. The number of nitrogens with zero attached hydrogens (tertiary/aromatic N) is 1. The van der Waals surface area contributed by atoms with E-state index in [4.69, 9.17) is 5.11 Å². The van der Waals surface area contributed by atoms with Crippen molar-refractivity contribution in [2.45, 2.75) is 10.8 Å². The Morgan fingerprint density at radius 3 is 2.83 bits per heavy atom. The molecule has 0 saturated heterocycles. The van der Waals surface area contributed by atoms with E-state index >= 15 is 0 Å². The lowest BCUT2D eigenvalue weighted by molar-refractivity contribution is 0.295. The maximum Gasteiger partial charge on any atom is 0.209 e. The Labute approximate surface area is 74.8 Å². The van der Waals surface area contributed by atoms with Crippen molar-refractivity contribution in [3.8, 4) is 0 Å². The van der Waals surface area contributed by atoms with E-state index in [2.05, 4.69) is 4.98 Å². The molecule has 1 heterocycles. The van der Waals surface area contributed by atoms with E-state index in [0.29, 0.717) is 0 Å². The van der Waals surface area contributed by atoms with Crippen LogP contribution in [-0.4, -0.2) is 30.9 Å². The van der Waals surface area contributed by atoms with Gasteiger partial charge in [-0.25, -0.2) is 13.4 Å². The molecule has 0 atom stereocenters. The summed E-state index contributed by atoms with van der Waals surface area (Å²) in [5, 5.41) is 10.1. The Morgan fingerprint density at radius 1 is 1.58 bits per heavy atom. The van der Waals surface area contributed by atoms with Gasteiger partial charge >= 0.3 is 0 Å². The third kappa shape index (κ3) is 2.26. The van der Waals surface area contributed by atoms with E-state index < -0.39 is 9.84 Å². The summed E-state index contributed by atoms with van der Waals surface area (Å²) in [5.41, 5.74) is 0. The highest BCUT2D eigenvalue weighted by Crippen LogP contribution is 2.14. The van der Waals surface area contributed by atoms with E-state index in [1.165, 1.54) is 6.20 Å². The molecule has 0 fully saturated rings. The van der Waals surface area contributed by atoms with E-state index in [1.54, 1.807) is 5.38 Å². The molecule has 1 aromatic rings. The normalized spacial score (nSPS) is 11.8. The van der Waals surface area contributed by atoms with Gasteiger partial charge in [-0.2, -0.15) is 0 Å². The van der Waals surface area contributed by atoms with Crippen molar-refractivity contribution in [1.82, 2.24) is 4.98 Å². The van der Waals surface area contributed by atoms with E-state index in [9.17, 15) is 8.42 Å². The summed E-state index contributed by atoms with van der Waals surface area (Å²) < 4.78 is 22.7. The molecule has 0 unspecified atom stereocenters. The summed E-state index contributed by atoms with van der Waals surface area (Å²) in [6, 6.07) is 0. The molecular formula is C6H9NO3S2. The molecule has 0 amide bonds. The number of hydrogen-bond acceptors (Lipinski definition) is 5. The highest BCUT2D eigenvalue weighted by atomic mass is 32.2. The molecule has 0 aromatic carbocycles. The van der Waals surface area contributed by atoms with Gasteiger partial charge in [0, 0.05) is 18.2 Å². The first-order valence-electron chi connectivity index (χ1n) is 3.40. The standard InChI is InChI=1S/C6H9NO3S2/c8-3-1-5-12(9,10)6-7-2-4-11-6/h2,4,8H,1,3,5H2. The maximum absolute atomic E-state index is 11.3. The average molecular weight is 207 g/mol. The zero-order chi connectivity index (χ0) is 9.03. The summed E-state index contributed by atoms with van der Waals surface area (Å²) in [4.78, 5) is 3.69. The Balaban J connectivity index is 2.74. The molecule has 1 N–H and O–H groups in total. The van der Waals surface area contributed by atoms with Crippen molar-refractivity contribution in [3.63, 3.8) is 0 Å². The molecule has 0 spiro atoms. The molecule has 0 aliphatic rings. The number of sulfone groups is 1. The summed E-state index contributed by atoms with van der Waals surface area (Å²) >= 11 is 1.10. The van der Waals surface area contributed by atoms with Gasteiger partial charge in [-0.05, 0) is 6.42 Å². The van der Waals surface area contributed by atoms with Crippen LogP contribution in [0.2, 0.25) is 0 Å². The predicted molar refractivity (Wildman–Crippen MR) is 45.9 cm³/mol. The molecule has 0 aliphatic heterocycles. The van der Waals surface area contributed by atoms with Gasteiger partial charge in [0.1, 0.15) is 0 Å². The summed E-state index contributed by atoms with van der Waals surface area (Å²) in [7, 11) is -3.23. The van der Waals surface area contributed by atoms with E-state index in [0.717, 1.165) is 11.3 Å². The molecule has 1 rings (SSSR count). The monoisotopic (exact) mass is 207 g/mol. The zero-order valence-corrected chi connectivity index (χ0v) is 7.94. The largest absolute Gasteiger partial charge is 0.396 e. The molecule has 68 valence electrons. The van der Waals surface area contributed by atoms with Crippen LogP contribution in [0.1, 0.15) is 6.42 Å². The first kappa shape index (κ1) is 9.63. The smallest absolute Gasteiger partial charge is 0.209 e. The second kappa shape index (κ2) is 3.97. The van der Waals surface area contributed by atoms with Crippen molar-refractivity contribution < 1.29 is 13.5 Å². The molecule has 0 saturated carbocycles. The van der Waals surface area contributed by atoms with Gasteiger partial charge in [-0.3, -0.25) is 0 Å². The minimum absolute atomic E-state index is 0.0307. The lowest BCUT2D eigenvalue weighted by atomic mass is 10.5. The Bertz CT molecular complexity index is 317. The molecule has 0 radical (unpaired) electrons. The molecule has 0 aliphatic carbocycles. The highest BCUT2D eigenvalue weighted by molar-refractivity contribution is 7.93.